The van der Waals surface area contributed by atoms with E-state index in [4.69, 9.17) is 14.2 Å². The van der Waals surface area contributed by atoms with Gasteiger partial charge in [0.05, 0.1) is 24.8 Å². The van der Waals surface area contributed by atoms with Gasteiger partial charge in [-0.1, -0.05) is 18.2 Å². The number of hydrogen-bond donors (Lipinski definition) is 2. The van der Waals surface area contributed by atoms with Gasteiger partial charge in [-0.15, -0.1) is 0 Å². The van der Waals surface area contributed by atoms with E-state index in [0.29, 0.717) is 49.6 Å². The van der Waals surface area contributed by atoms with Gasteiger partial charge < -0.3 is 29.7 Å². The second-order valence-electron chi connectivity index (χ2n) is 10.4. The maximum absolute atomic E-state index is 14.1. The van der Waals surface area contributed by atoms with Crippen molar-refractivity contribution in [3.05, 3.63) is 88.7 Å². The summed E-state index contributed by atoms with van der Waals surface area (Å²) >= 11 is 0. The van der Waals surface area contributed by atoms with Crippen LogP contribution in [-0.2, 0) is 22.6 Å². The summed E-state index contributed by atoms with van der Waals surface area (Å²) in [5.41, 5.74) is 1.88. The highest BCUT2D eigenvalue weighted by Crippen LogP contribution is 2.29. The molecule has 3 amide bonds. The topological polar surface area (TPSA) is 130 Å². The Balaban J connectivity index is 1.38. The van der Waals surface area contributed by atoms with Gasteiger partial charge in [-0.25, -0.2) is 4.39 Å². The summed E-state index contributed by atoms with van der Waals surface area (Å²) in [6.07, 6.45) is 0.695. The van der Waals surface area contributed by atoms with Gasteiger partial charge in [0.15, 0.2) is 18.1 Å². The molecule has 0 saturated carbocycles. The number of halogens is 1. The monoisotopic (exact) mass is 586 g/mol. The number of carbonyl (C=O) groups excluding carboxylic acids is 3. The zero-order valence-corrected chi connectivity index (χ0v) is 23.6. The SMILES string of the molecule is COc1cc2ccc1OCC(=O)N[C@@H]1CN(C(=O)c3cc(F)cc(C#N)c3)CC[C@H]1Oc1ccc(cc1)CNC(=O)CC2. The van der Waals surface area contributed by atoms with Gasteiger partial charge in [0, 0.05) is 38.0 Å². The fourth-order valence-electron chi connectivity index (χ4n) is 5.14. The van der Waals surface area contributed by atoms with Crippen molar-refractivity contribution >= 4 is 17.7 Å². The van der Waals surface area contributed by atoms with Crippen LogP contribution in [0.25, 0.3) is 0 Å². The summed E-state index contributed by atoms with van der Waals surface area (Å²) in [7, 11) is 1.50. The molecule has 222 valence electrons. The summed E-state index contributed by atoms with van der Waals surface area (Å²) in [5.74, 6) is -0.287. The van der Waals surface area contributed by atoms with Crippen LogP contribution in [0, 0.1) is 17.1 Å². The molecule has 10 nitrogen and oxygen atoms in total. The van der Waals surface area contributed by atoms with Crippen molar-refractivity contribution in [3.63, 3.8) is 0 Å². The number of hydrogen-bond acceptors (Lipinski definition) is 7. The second-order valence-corrected chi connectivity index (χ2v) is 10.4. The van der Waals surface area contributed by atoms with Crippen LogP contribution >= 0.6 is 0 Å². The highest BCUT2D eigenvalue weighted by molar-refractivity contribution is 5.94. The highest BCUT2D eigenvalue weighted by atomic mass is 19.1. The Morgan fingerprint density at radius 3 is 2.60 bits per heavy atom. The number of nitrogens with one attached hydrogen (secondary N) is 2. The summed E-state index contributed by atoms with van der Waals surface area (Å²) in [5, 5.41) is 15.1. The fourth-order valence-corrected chi connectivity index (χ4v) is 5.14. The lowest BCUT2D eigenvalue weighted by atomic mass is 10.00. The van der Waals surface area contributed by atoms with Gasteiger partial charge >= 0.3 is 0 Å². The Labute approximate surface area is 248 Å². The lowest BCUT2D eigenvalue weighted by Crippen LogP contribution is -2.58. The van der Waals surface area contributed by atoms with Crippen LogP contribution in [0.3, 0.4) is 0 Å². The standard InChI is InChI=1S/C32H31FN4O6/c1-41-29-14-20-4-8-28(29)42-19-31(39)36-26-18-37(32(40)23-12-22(16-34)13-24(33)15-23)11-10-27(26)43-25-6-2-21(3-7-25)17-35-30(38)9-5-20/h2-4,6-8,12-15,26-27H,5,9-11,17-19H2,1H3,(H,35,38)(H,36,39)/t26-,27-/m1/s1. The number of benzene rings is 3. The highest BCUT2D eigenvalue weighted by Gasteiger charge is 2.35. The number of methoxy groups -OCH3 is 1. The van der Waals surface area contributed by atoms with E-state index >= 15 is 0 Å². The van der Waals surface area contributed by atoms with Crippen molar-refractivity contribution in [1.82, 2.24) is 15.5 Å². The molecule has 0 unspecified atom stereocenters. The number of rotatable bonds is 2. The zero-order valence-electron chi connectivity index (χ0n) is 23.6. The van der Waals surface area contributed by atoms with Gasteiger partial charge in [0.25, 0.3) is 11.8 Å². The number of nitrogens with zero attached hydrogens (tertiary/aromatic N) is 2. The van der Waals surface area contributed by atoms with Crippen LogP contribution in [0.1, 0.15) is 39.9 Å². The van der Waals surface area contributed by atoms with E-state index in [2.05, 4.69) is 10.6 Å². The molecule has 1 fully saturated rings. The Kier molecular flexibility index (Phi) is 9.05. The second kappa shape index (κ2) is 13.2. The van der Waals surface area contributed by atoms with E-state index in [1.54, 1.807) is 24.3 Å². The first kappa shape index (κ1) is 29.4. The van der Waals surface area contributed by atoms with Crippen molar-refractivity contribution in [3.8, 4) is 23.3 Å². The number of carbonyl (C=O) groups is 3. The molecule has 0 spiro atoms. The number of aryl methyl sites for hydroxylation is 1. The third-order valence-electron chi connectivity index (χ3n) is 7.38. The molecule has 11 heteroatoms. The molecule has 2 atom stereocenters. The molecule has 0 radical (unpaired) electrons. The fraction of sp³-hybridized carbons (Fsp3) is 0.312. The van der Waals surface area contributed by atoms with E-state index in [-0.39, 0.29) is 30.2 Å². The van der Waals surface area contributed by atoms with Gasteiger partial charge in [-0.2, -0.15) is 5.26 Å². The van der Waals surface area contributed by atoms with Gasteiger partial charge in [-0.3, -0.25) is 14.4 Å². The molecule has 0 aliphatic carbocycles. The summed E-state index contributed by atoms with van der Waals surface area (Å²) in [6, 6.07) is 17.3. The van der Waals surface area contributed by atoms with E-state index < -0.39 is 29.8 Å². The van der Waals surface area contributed by atoms with Crippen LogP contribution in [0.2, 0.25) is 0 Å². The Hall–Kier alpha value is -5.11. The minimum absolute atomic E-state index is 0.0426. The normalized spacial score (nSPS) is 19.1. The first-order valence-corrected chi connectivity index (χ1v) is 13.9. The van der Waals surface area contributed by atoms with Crippen LogP contribution in [0.4, 0.5) is 4.39 Å². The average molecular weight is 587 g/mol. The minimum Gasteiger partial charge on any atom is -0.493 e. The lowest BCUT2D eigenvalue weighted by molar-refractivity contribution is -0.125. The molecule has 1 saturated heterocycles. The zero-order chi connectivity index (χ0) is 30.3. The maximum Gasteiger partial charge on any atom is 0.258 e. The van der Waals surface area contributed by atoms with Crippen LogP contribution < -0.4 is 24.8 Å². The molecule has 5 heterocycles. The van der Waals surface area contributed by atoms with E-state index in [0.717, 1.165) is 23.3 Å². The predicted octanol–water partition coefficient (Wildman–Crippen LogP) is 3.13. The third kappa shape index (κ3) is 7.40. The van der Waals surface area contributed by atoms with E-state index in [1.807, 2.05) is 24.3 Å². The third-order valence-corrected chi connectivity index (χ3v) is 7.38. The van der Waals surface area contributed by atoms with Crippen molar-refractivity contribution in [2.45, 2.75) is 38.0 Å². The van der Waals surface area contributed by atoms with Gasteiger partial charge in [0.2, 0.25) is 5.91 Å². The number of amides is 3. The largest absolute Gasteiger partial charge is 0.493 e. The maximum atomic E-state index is 14.1. The smallest absolute Gasteiger partial charge is 0.258 e. The van der Waals surface area contributed by atoms with Gasteiger partial charge in [0.1, 0.15) is 17.7 Å². The quantitative estimate of drug-likeness (QED) is 0.472. The van der Waals surface area contributed by atoms with Crippen molar-refractivity contribution in [2.75, 3.05) is 26.8 Å². The molecule has 8 rings (SSSR count). The Bertz CT molecular complexity index is 1550. The first-order chi connectivity index (χ1) is 20.8. The number of ether oxygens (including phenoxy) is 3. The number of piperidine rings is 1. The van der Waals surface area contributed by atoms with Crippen LogP contribution in [-0.4, -0.2) is 61.6 Å². The van der Waals surface area contributed by atoms with Crippen LogP contribution in [0.15, 0.2) is 60.7 Å². The molecule has 5 aliphatic heterocycles. The van der Waals surface area contributed by atoms with Gasteiger partial charge in [-0.05, 0) is 60.0 Å². The Morgan fingerprint density at radius 1 is 1.05 bits per heavy atom. The number of likely N-dealkylation sites (tertiary alicyclic amines) is 1. The summed E-state index contributed by atoms with van der Waals surface area (Å²) < 4.78 is 31.6. The van der Waals surface area contributed by atoms with Crippen molar-refractivity contribution in [1.29, 1.82) is 5.26 Å². The molecule has 43 heavy (non-hydrogen) atoms. The molecule has 3 aromatic rings. The molecular formula is C32H31FN4O6. The minimum atomic E-state index is -0.680. The van der Waals surface area contributed by atoms with E-state index in [1.165, 1.54) is 18.1 Å². The lowest BCUT2D eigenvalue weighted by Gasteiger charge is -2.39. The van der Waals surface area contributed by atoms with Crippen molar-refractivity contribution < 1.29 is 33.0 Å². The molecule has 5 aliphatic rings. The predicted molar refractivity (Wildman–Crippen MR) is 153 cm³/mol. The Morgan fingerprint density at radius 2 is 1.84 bits per heavy atom. The van der Waals surface area contributed by atoms with Crippen LogP contribution in [0.5, 0.6) is 17.2 Å². The molecule has 0 aromatic heterocycles. The number of nitriles is 1. The molecule has 4 bridgehead atoms. The molecule has 2 N–H and O–H groups in total. The molecule has 3 aromatic carbocycles. The molecular weight excluding hydrogens is 555 g/mol. The first-order valence-electron chi connectivity index (χ1n) is 13.9. The van der Waals surface area contributed by atoms with Crippen molar-refractivity contribution in [2.24, 2.45) is 0 Å². The summed E-state index contributed by atoms with van der Waals surface area (Å²) in [6.45, 7) is 0.426. The average Bonchev–Trinajstić information content (AvgIpc) is 3.02. The summed E-state index contributed by atoms with van der Waals surface area (Å²) in [4.78, 5) is 40.3. The van der Waals surface area contributed by atoms with E-state index in [9.17, 15) is 24.0 Å².